The van der Waals surface area contributed by atoms with Gasteiger partial charge in [0.05, 0.1) is 6.54 Å². The summed E-state index contributed by atoms with van der Waals surface area (Å²) in [6.07, 6.45) is 8.54. The van der Waals surface area contributed by atoms with Gasteiger partial charge in [-0.25, -0.2) is 4.98 Å². The number of rotatable bonds is 4. The zero-order chi connectivity index (χ0) is 10.5. The SMILES string of the molecule is CC(NCc1ncn[nH]1)C1CCCCC1. The van der Waals surface area contributed by atoms with Gasteiger partial charge in [0.25, 0.3) is 0 Å². The molecule has 1 aliphatic rings. The number of nitrogens with one attached hydrogen (secondary N) is 2. The standard InChI is InChI=1S/C11H20N4/c1-9(10-5-3-2-4-6-10)12-7-11-13-8-14-15-11/h8-10,12H,2-7H2,1H3,(H,13,14,15). The predicted octanol–water partition coefficient (Wildman–Crippen LogP) is 1.86. The molecule has 1 saturated carbocycles. The summed E-state index contributed by atoms with van der Waals surface area (Å²) in [5, 5.41) is 10.2. The Morgan fingerprint density at radius 3 is 2.93 bits per heavy atom. The van der Waals surface area contributed by atoms with Gasteiger partial charge in [0.15, 0.2) is 0 Å². The lowest BCUT2D eigenvalue weighted by molar-refractivity contribution is 0.279. The van der Waals surface area contributed by atoms with Crippen molar-refractivity contribution in [3.63, 3.8) is 0 Å². The summed E-state index contributed by atoms with van der Waals surface area (Å²) in [7, 11) is 0. The van der Waals surface area contributed by atoms with Crippen molar-refractivity contribution in [2.24, 2.45) is 5.92 Å². The van der Waals surface area contributed by atoms with Crippen molar-refractivity contribution in [3.05, 3.63) is 12.2 Å². The summed E-state index contributed by atoms with van der Waals surface area (Å²) in [4.78, 5) is 4.10. The summed E-state index contributed by atoms with van der Waals surface area (Å²) >= 11 is 0. The Labute approximate surface area is 90.9 Å². The Morgan fingerprint density at radius 1 is 1.47 bits per heavy atom. The fraction of sp³-hybridized carbons (Fsp3) is 0.818. The molecule has 1 aromatic rings. The van der Waals surface area contributed by atoms with Gasteiger partial charge >= 0.3 is 0 Å². The zero-order valence-electron chi connectivity index (χ0n) is 9.37. The fourth-order valence-corrected chi connectivity index (χ4v) is 2.37. The Hall–Kier alpha value is -0.900. The first-order valence-corrected chi connectivity index (χ1v) is 5.94. The van der Waals surface area contributed by atoms with Gasteiger partial charge in [-0.15, -0.1) is 0 Å². The van der Waals surface area contributed by atoms with Gasteiger partial charge in [-0.2, -0.15) is 5.10 Å². The molecule has 0 aliphatic heterocycles. The van der Waals surface area contributed by atoms with Crippen LogP contribution in [0.25, 0.3) is 0 Å². The van der Waals surface area contributed by atoms with E-state index >= 15 is 0 Å². The molecule has 2 rings (SSSR count). The molecule has 1 atom stereocenters. The smallest absolute Gasteiger partial charge is 0.138 e. The van der Waals surface area contributed by atoms with Gasteiger partial charge in [-0.05, 0) is 25.7 Å². The molecule has 1 fully saturated rings. The highest BCUT2D eigenvalue weighted by molar-refractivity contribution is 4.82. The van der Waals surface area contributed by atoms with E-state index in [1.807, 2.05) is 0 Å². The maximum absolute atomic E-state index is 4.10. The molecule has 1 aliphatic carbocycles. The third-order valence-corrected chi connectivity index (χ3v) is 3.41. The summed E-state index contributed by atoms with van der Waals surface area (Å²) < 4.78 is 0. The molecule has 2 N–H and O–H groups in total. The summed E-state index contributed by atoms with van der Waals surface area (Å²) in [6.45, 7) is 3.09. The molecule has 84 valence electrons. The Bertz CT molecular complexity index is 264. The number of nitrogens with zero attached hydrogens (tertiary/aromatic N) is 2. The van der Waals surface area contributed by atoms with Gasteiger partial charge in [0.2, 0.25) is 0 Å². The van der Waals surface area contributed by atoms with E-state index in [1.54, 1.807) is 6.33 Å². The maximum atomic E-state index is 4.10. The average Bonchev–Trinajstić information content (AvgIpc) is 2.80. The molecule has 1 heterocycles. The molecule has 0 saturated heterocycles. The van der Waals surface area contributed by atoms with Crippen LogP contribution < -0.4 is 5.32 Å². The monoisotopic (exact) mass is 208 g/mol. The van der Waals surface area contributed by atoms with Crippen LogP contribution in [0, 0.1) is 5.92 Å². The van der Waals surface area contributed by atoms with Gasteiger partial charge in [-0.3, -0.25) is 5.10 Å². The quantitative estimate of drug-likeness (QED) is 0.794. The first-order valence-electron chi connectivity index (χ1n) is 5.94. The predicted molar refractivity (Wildman–Crippen MR) is 59.3 cm³/mol. The lowest BCUT2D eigenvalue weighted by Gasteiger charge is -2.28. The highest BCUT2D eigenvalue weighted by Crippen LogP contribution is 2.26. The lowest BCUT2D eigenvalue weighted by Crippen LogP contribution is -2.34. The molecule has 4 heteroatoms. The van der Waals surface area contributed by atoms with Crippen LogP contribution in [0.1, 0.15) is 44.9 Å². The van der Waals surface area contributed by atoms with Crippen LogP contribution in [0.3, 0.4) is 0 Å². The zero-order valence-corrected chi connectivity index (χ0v) is 9.37. The first kappa shape index (κ1) is 10.6. The molecular weight excluding hydrogens is 188 g/mol. The first-order chi connectivity index (χ1) is 7.36. The molecule has 0 amide bonds. The van der Waals surface area contributed by atoms with E-state index in [0.717, 1.165) is 18.3 Å². The Balaban J connectivity index is 1.74. The van der Waals surface area contributed by atoms with Crippen LogP contribution in [0.15, 0.2) is 6.33 Å². The number of hydrogen-bond acceptors (Lipinski definition) is 3. The normalized spacial score (nSPS) is 20.3. The van der Waals surface area contributed by atoms with E-state index in [0.29, 0.717) is 6.04 Å². The van der Waals surface area contributed by atoms with Crippen LogP contribution in [0.4, 0.5) is 0 Å². The molecular formula is C11H20N4. The highest BCUT2D eigenvalue weighted by Gasteiger charge is 2.19. The number of aromatic amines is 1. The second kappa shape index (κ2) is 5.26. The minimum atomic E-state index is 0.593. The summed E-state index contributed by atoms with van der Waals surface area (Å²) in [6, 6.07) is 0.593. The second-order valence-electron chi connectivity index (χ2n) is 4.50. The lowest BCUT2D eigenvalue weighted by atomic mass is 9.84. The van der Waals surface area contributed by atoms with E-state index in [1.165, 1.54) is 32.1 Å². The highest BCUT2D eigenvalue weighted by atomic mass is 15.2. The van der Waals surface area contributed by atoms with Gasteiger partial charge in [0.1, 0.15) is 12.2 Å². The molecule has 0 spiro atoms. The van der Waals surface area contributed by atoms with Crippen molar-refractivity contribution >= 4 is 0 Å². The molecule has 4 nitrogen and oxygen atoms in total. The third-order valence-electron chi connectivity index (χ3n) is 3.41. The molecule has 1 aromatic heterocycles. The van der Waals surface area contributed by atoms with Gasteiger partial charge < -0.3 is 5.32 Å². The topological polar surface area (TPSA) is 53.6 Å². The fourth-order valence-electron chi connectivity index (χ4n) is 2.37. The van der Waals surface area contributed by atoms with Gasteiger partial charge in [0, 0.05) is 6.04 Å². The molecule has 1 unspecified atom stereocenters. The minimum Gasteiger partial charge on any atom is -0.307 e. The van der Waals surface area contributed by atoms with E-state index in [4.69, 9.17) is 0 Å². The average molecular weight is 208 g/mol. The maximum Gasteiger partial charge on any atom is 0.138 e. The molecule has 0 bridgehead atoms. The molecule has 0 aromatic carbocycles. The Kier molecular flexibility index (Phi) is 3.72. The van der Waals surface area contributed by atoms with Crippen molar-refractivity contribution in [2.75, 3.05) is 0 Å². The minimum absolute atomic E-state index is 0.593. The Morgan fingerprint density at radius 2 is 2.27 bits per heavy atom. The van der Waals surface area contributed by atoms with Crippen molar-refractivity contribution < 1.29 is 0 Å². The van der Waals surface area contributed by atoms with Crippen molar-refractivity contribution in [1.29, 1.82) is 0 Å². The van der Waals surface area contributed by atoms with Crippen molar-refractivity contribution in [1.82, 2.24) is 20.5 Å². The van der Waals surface area contributed by atoms with E-state index in [-0.39, 0.29) is 0 Å². The summed E-state index contributed by atoms with van der Waals surface area (Å²) in [5.41, 5.74) is 0. The van der Waals surface area contributed by atoms with Crippen molar-refractivity contribution in [2.45, 2.75) is 51.6 Å². The van der Waals surface area contributed by atoms with Crippen LogP contribution in [-0.2, 0) is 6.54 Å². The van der Waals surface area contributed by atoms with E-state index in [9.17, 15) is 0 Å². The van der Waals surface area contributed by atoms with Crippen LogP contribution >= 0.6 is 0 Å². The van der Waals surface area contributed by atoms with Gasteiger partial charge in [-0.1, -0.05) is 19.3 Å². The molecule has 15 heavy (non-hydrogen) atoms. The third kappa shape index (κ3) is 3.02. The largest absolute Gasteiger partial charge is 0.307 e. The van der Waals surface area contributed by atoms with E-state index in [2.05, 4.69) is 27.4 Å². The van der Waals surface area contributed by atoms with Crippen molar-refractivity contribution in [3.8, 4) is 0 Å². The van der Waals surface area contributed by atoms with Crippen LogP contribution in [-0.4, -0.2) is 21.2 Å². The van der Waals surface area contributed by atoms with Crippen LogP contribution in [0.2, 0.25) is 0 Å². The number of aromatic nitrogens is 3. The summed E-state index contributed by atoms with van der Waals surface area (Å²) in [5.74, 6) is 1.78. The van der Waals surface area contributed by atoms with Crippen LogP contribution in [0.5, 0.6) is 0 Å². The van der Waals surface area contributed by atoms with E-state index < -0.39 is 0 Å². The second-order valence-corrected chi connectivity index (χ2v) is 4.50. The number of H-pyrrole nitrogens is 1. The molecule has 0 radical (unpaired) electrons. The number of hydrogen-bond donors (Lipinski definition) is 2.